The molecule has 0 aliphatic heterocycles. The summed E-state index contributed by atoms with van der Waals surface area (Å²) < 4.78 is 5.96. The summed E-state index contributed by atoms with van der Waals surface area (Å²) in [6.07, 6.45) is 0. The molecule has 104 valence electrons. The van der Waals surface area contributed by atoms with Crippen molar-refractivity contribution in [1.29, 1.82) is 0 Å². The number of ether oxygens (including phenoxy) is 1. The molecule has 0 saturated heterocycles. The van der Waals surface area contributed by atoms with Crippen molar-refractivity contribution in [3.8, 4) is 22.6 Å². The van der Waals surface area contributed by atoms with E-state index in [1.165, 1.54) is 0 Å². The van der Waals surface area contributed by atoms with E-state index in [1.807, 2.05) is 66.7 Å². The lowest BCUT2D eigenvalue weighted by atomic mass is 10.0. The van der Waals surface area contributed by atoms with Crippen molar-refractivity contribution in [2.75, 3.05) is 0 Å². The molecule has 0 aromatic heterocycles. The molecular weight excluding hydrogens is 303 g/mol. The molecule has 0 amide bonds. The summed E-state index contributed by atoms with van der Waals surface area (Å²) in [6, 6.07) is 23.0. The van der Waals surface area contributed by atoms with E-state index in [9.17, 15) is 0 Å². The van der Waals surface area contributed by atoms with Crippen LogP contribution in [0.3, 0.4) is 0 Å². The lowest BCUT2D eigenvalue weighted by Gasteiger charge is -2.13. The molecule has 0 N–H and O–H groups in total. The molecule has 0 bridgehead atoms. The fourth-order valence-electron chi connectivity index (χ4n) is 2.11. The first-order valence-corrected chi connectivity index (χ1v) is 7.27. The summed E-state index contributed by atoms with van der Waals surface area (Å²) in [6.45, 7) is 0. The van der Waals surface area contributed by atoms with Gasteiger partial charge in [-0.15, -0.1) is 0 Å². The fraction of sp³-hybridized carbons (Fsp3) is 0. The molecular formula is C18H12Cl2O. The van der Waals surface area contributed by atoms with Crippen molar-refractivity contribution < 1.29 is 4.74 Å². The monoisotopic (exact) mass is 314 g/mol. The summed E-state index contributed by atoms with van der Waals surface area (Å²) in [7, 11) is 0. The second-order valence-electron chi connectivity index (χ2n) is 4.51. The average molecular weight is 315 g/mol. The number of halogens is 2. The van der Waals surface area contributed by atoms with E-state index in [0.29, 0.717) is 10.0 Å². The maximum absolute atomic E-state index is 6.32. The van der Waals surface area contributed by atoms with Crippen LogP contribution < -0.4 is 4.74 Å². The summed E-state index contributed by atoms with van der Waals surface area (Å²) in [5, 5.41) is 1.06. The number of hydrogen-bond acceptors (Lipinski definition) is 1. The highest BCUT2D eigenvalue weighted by molar-refractivity contribution is 6.43. The van der Waals surface area contributed by atoms with Gasteiger partial charge in [-0.3, -0.25) is 0 Å². The van der Waals surface area contributed by atoms with Crippen molar-refractivity contribution >= 4 is 23.2 Å². The molecule has 0 unspecified atom stereocenters. The molecule has 0 atom stereocenters. The Balaban J connectivity index is 2.06. The number of hydrogen-bond donors (Lipinski definition) is 0. The Morgan fingerprint density at radius 3 is 2.10 bits per heavy atom. The van der Waals surface area contributed by atoms with Crippen LogP contribution in [0.4, 0.5) is 0 Å². The lowest BCUT2D eigenvalue weighted by molar-refractivity contribution is 0.484. The topological polar surface area (TPSA) is 9.23 Å². The number of benzene rings is 3. The third kappa shape index (κ3) is 3.05. The highest BCUT2D eigenvalue weighted by Gasteiger charge is 2.12. The Morgan fingerprint density at radius 1 is 0.619 bits per heavy atom. The van der Waals surface area contributed by atoms with E-state index < -0.39 is 0 Å². The largest absolute Gasteiger partial charge is 0.457 e. The van der Waals surface area contributed by atoms with Crippen LogP contribution in [0.1, 0.15) is 0 Å². The van der Waals surface area contributed by atoms with Crippen LogP contribution in [-0.2, 0) is 0 Å². The van der Waals surface area contributed by atoms with Crippen molar-refractivity contribution in [1.82, 2.24) is 0 Å². The third-order valence-corrected chi connectivity index (χ3v) is 3.92. The van der Waals surface area contributed by atoms with Crippen LogP contribution in [0.15, 0.2) is 72.8 Å². The quantitative estimate of drug-likeness (QED) is 0.539. The minimum absolute atomic E-state index is 0.531. The molecule has 3 aromatic carbocycles. The second-order valence-corrected chi connectivity index (χ2v) is 5.30. The van der Waals surface area contributed by atoms with Gasteiger partial charge >= 0.3 is 0 Å². The Morgan fingerprint density at radius 2 is 1.29 bits per heavy atom. The van der Waals surface area contributed by atoms with Gasteiger partial charge in [-0.05, 0) is 24.3 Å². The molecule has 3 rings (SSSR count). The van der Waals surface area contributed by atoms with Gasteiger partial charge in [0.15, 0.2) is 0 Å². The van der Waals surface area contributed by atoms with Gasteiger partial charge in [0.1, 0.15) is 11.5 Å². The molecule has 1 nitrogen and oxygen atoms in total. The second kappa shape index (κ2) is 6.21. The van der Waals surface area contributed by atoms with E-state index in [2.05, 4.69) is 0 Å². The van der Waals surface area contributed by atoms with Gasteiger partial charge in [-0.1, -0.05) is 71.7 Å². The van der Waals surface area contributed by atoms with Crippen molar-refractivity contribution in [2.45, 2.75) is 0 Å². The highest BCUT2D eigenvalue weighted by atomic mass is 35.5. The van der Waals surface area contributed by atoms with E-state index >= 15 is 0 Å². The smallest absolute Gasteiger partial charge is 0.135 e. The normalized spacial score (nSPS) is 10.4. The molecule has 0 aliphatic rings. The number of para-hydroxylation sites is 2. The highest BCUT2D eigenvalue weighted by Crippen LogP contribution is 2.39. The van der Waals surface area contributed by atoms with Crippen LogP contribution in [0.2, 0.25) is 10.0 Å². The molecule has 0 fully saturated rings. The van der Waals surface area contributed by atoms with E-state index in [-0.39, 0.29) is 0 Å². The Hall–Kier alpha value is -1.96. The van der Waals surface area contributed by atoms with Gasteiger partial charge in [0.2, 0.25) is 0 Å². The predicted molar refractivity (Wildman–Crippen MR) is 88.4 cm³/mol. The number of rotatable bonds is 3. The molecule has 0 radical (unpaired) electrons. The lowest BCUT2D eigenvalue weighted by Crippen LogP contribution is -1.89. The Kier molecular flexibility index (Phi) is 4.14. The van der Waals surface area contributed by atoms with Gasteiger partial charge < -0.3 is 4.74 Å². The fourth-order valence-corrected chi connectivity index (χ4v) is 2.51. The average Bonchev–Trinajstić information content (AvgIpc) is 2.52. The first-order chi connectivity index (χ1) is 10.3. The summed E-state index contributed by atoms with van der Waals surface area (Å²) >= 11 is 12.4. The zero-order valence-electron chi connectivity index (χ0n) is 11.1. The van der Waals surface area contributed by atoms with E-state index in [1.54, 1.807) is 6.07 Å². The molecule has 0 heterocycles. The third-order valence-electron chi connectivity index (χ3n) is 3.10. The summed E-state index contributed by atoms with van der Waals surface area (Å²) in [5.74, 6) is 1.52. The first kappa shape index (κ1) is 14.0. The minimum atomic E-state index is 0.531. The van der Waals surface area contributed by atoms with E-state index in [0.717, 1.165) is 22.6 Å². The molecule has 0 aliphatic carbocycles. The van der Waals surface area contributed by atoms with Gasteiger partial charge in [-0.2, -0.15) is 0 Å². The van der Waals surface area contributed by atoms with Gasteiger partial charge in [0.05, 0.1) is 10.0 Å². The van der Waals surface area contributed by atoms with Crippen LogP contribution in [0.5, 0.6) is 11.5 Å². The van der Waals surface area contributed by atoms with Crippen molar-refractivity contribution in [3.05, 3.63) is 82.8 Å². The standard InChI is InChI=1S/C18H12Cl2O/c19-16-11-6-10-15(18(16)20)14-9-4-5-12-17(14)21-13-7-2-1-3-8-13/h1-12H. The maximum Gasteiger partial charge on any atom is 0.135 e. The van der Waals surface area contributed by atoms with Crippen LogP contribution >= 0.6 is 23.2 Å². The zero-order chi connectivity index (χ0) is 14.7. The molecule has 0 spiro atoms. The van der Waals surface area contributed by atoms with Gasteiger partial charge in [0.25, 0.3) is 0 Å². The predicted octanol–water partition coefficient (Wildman–Crippen LogP) is 6.45. The van der Waals surface area contributed by atoms with Crippen LogP contribution in [0, 0.1) is 0 Å². The maximum atomic E-state index is 6.32. The summed E-state index contributed by atoms with van der Waals surface area (Å²) in [4.78, 5) is 0. The first-order valence-electron chi connectivity index (χ1n) is 6.52. The van der Waals surface area contributed by atoms with Crippen LogP contribution in [-0.4, -0.2) is 0 Å². The van der Waals surface area contributed by atoms with Crippen molar-refractivity contribution in [3.63, 3.8) is 0 Å². The van der Waals surface area contributed by atoms with Gasteiger partial charge in [-0.25, -0.2) is 0 Å². The zero-order valence-corrected chi connectivity index (χ0v) is 12.6. The SMILES string of the molecule is Clc1cccc(-c2ccccc2Oc2ccccc2)c1Cl. The molecule has 0 saturated carbocycles. The summed E-state index contributed by atoms with van der Waals surface area (Å²) in [5.41, 5.74) is 1.77. The van der Waals surface area contributed by atoms with Crippen molar-refractivity contribution in [2.24, 2.45) is 0 Å². The Bertz CT molecular complexity index is 754. The van der Waals surface area contributed by atoms with Gasteiger partial charge in [0, 0.05) is 11.1 Å². The molecule has 3 heteroatoms. The Labute approximate surface area is 133 Å². The van der Waals surface area contributed by atoms with Crippen LogP contribution in [0.25, 0.3) is 11.1 Å². The minimum Gasteiger partial charge on any atom is -0.457 e. The molecule has 21 heavy (non-hydrogen) atoms. The van der Waals surface area contributed by atoms with E-state index in [4.69, 9.17) is 27.9 Å². The molecule has 3 aromatic rings.